The molecule has 1 fully saturated rings. The van der Waals surface area contributed by atoms with Crippen LogP contribution in [0.4, 0.5) is 4.39 Å². The Morgan fingerprint density at radius 3 is 2.75 bits per heavy atom. The standard InChI is InChI=1S/C18H25FN4O/c1-14-11-22(12-15-4-5-17(24-3)16(19)10-15)8-9-23(14)13-18-20-6-7-21(18)2/h4-7,10,14H,8-9,11-13H2,1-3H3/t14-/m1/s1. The number of methoxy groups -OCH3 is 1. The van der Waals surface area contributed by atoms with Gasteiger partial charge in [0.2, 0.25) is 0 Å². The molecular weight excluding hydrogens is 307 g/mol. The van der Waals surface area contributed by atoms with Gasteiger partial charge in [-0.25, -0.2) is 9.37 Å². The third-order valence-corrected chi connectivity index (χ3v) is 4.74. The molecule has 0 bridgehead atoms. The van der Waals surface area contributed by atoms with Crippen LogP contribution in [0, 0.1) is 5.82 Å². The van der Waals surface area contributed by atoms with E-state index in [-0.39, 0.29) is 5.82 Å². The van der Waals surface area contributed by atoms with Crippen molar-refractivity contribution in [2.24, 2.45) is 7.05 Å². The number of benzene rings is 1. The first-order valence-corrected chi connectivity index (χ1v) is 8.32. The molecule has 6 heteroatoms. The molecule has 1 atom stereocenters. The number of hydrogen-bond acceptors (Lipinski definition) is 4. The van der Waals surface area contributed by atoms with E-state index < -0.39 is 0 Å². The molecule has 2 aromatic rings. The zero-order chi connectivity index (χ0) is 17.1. The molecule has 0 saturated carbocycles. The number of rotatable bonds is 5. The van der Waals surface area contributed by atoms with Gasteiger partial charge in [0, 0.05) is 51.7 Å². The zero-order valence-electron chi connectivity index (χ0n) is 14.6. The Hall–Kier alpha value is -1.92. The van der Waals surface area contributed by atoms with Gasteiger partial charge in [0.15, 0.2) is 11.6 Å². The fraction of sp³-hybridized carbons (Fsp3) is 0.500. The van der Waals surface area contributed by atoms with Gasteiger partial charge < -0.3 is 9.30 Å². The quantitative estimate of drug-likeness (QED) is 0.841. The van der Waals surface area contributed by atoms with Crippen LogP contribution in [0.15, 0.2) is 30.6 Å². The Morgan fingerprint density at radius 1 is 1.29 bits per heavy atom. The van der Waals surface area contributed by atoms with Crippen LogP contribution < -0.4 is 4.74 Å². The second-order valence-electron chi connectivity index (χ2n) is 6.48. The lowest BCUT2D eigenvalue weighted by Crippen LogP contribution is -2.51. The van der Waals surface area contributed by atoms with Crippen molar-refractivity contribution in [3.63, 3.8) is 0 Å². The highest BCUT2D eigenvalue weighted by atomic mass is 19.1. The SMILES string of the molecule is COc1ccc(CN2CCN(Cc3nccn3C)[C@H](C)C2)cc1F. The van der Waals surface area contributed by atoms with Crippen molar-refractivity contribution < 1.29 is 9.13 Å². The number of nitrogens with zero attached hydrogens (tertiary/aromatic N) is 4. The van der Waals surface area contributed by atoms with E-state index in [1.54, 1.807) is 12.1 Å². The van der Waals surface area contributed by atoms with Crippen molar-refractivity contribution in [3.8, 4) is 5.75 Å². The predicted molar refractivity (Wildman–Crippen MR) is 91.3 cm³/mol. The summed E-state index contributed by atoms with van der Waals surface area (Å²) in [4.78, 5) is 9.24. The van der Waals surface area contributed by atoms with Crippen LogP contribution in [0.5, 0.6) is 5.75 Å². The second kappa shape index (κ2) is 7.32. The third kappa shape index (κ3) is 3.76. The van der Waals surface area contributed by atoms with E-state index in [1.165, 1.54) is 7.11 Å². The normalized spacial score (nSPS) is 19.6. The number of imidazole rings is 1. The third-order valence-electron chi connectivity index (χ3n) is 4.74. The molecule has 0 aliphatic carbocycles. The van der Waals surface area contributed by atoms with Crippen molar-refractivity contribution in [1.82, 2.24) is 19.4 Å². The average molecular weight is 332 g/mol. The highest BCUT2D eigenvalue weighted by Crippen LogP contribution is 2.20. The Labute approximate surface area is 142 Å². The van der Waals surface area contributed by atoms with Gasteiger partial charge in [-0.2, -0.15) is 0 Å². The number of hydrogen-bond donors (Lipinski definition) is 0. The highest BCUT2D eigenvalue weighted by Gasteiger charge is 2.24. The summed E-state index contributed by atoms with van der Waals surface area (Å²) in [5, 5.41) is 0. The van der Waals surface area contributed by atoms with Crippen LogP contribution >= 0.6 is 0 Å². The van der Waals surface area contributed by atoms with E-state index in [1.807, 2.05) is 25.5 Å². The average Bonchev–Trinajstić information content (AvgIpc) is 2.95. The summed E-state index contributed by atoms with van der Waals surface area (Å²) in [6.45, 7) is 6.81. The number of aryl methyl sites for hydroxylation is 1. The molecule has 3 rings (SSSR count). The second-order valence-corrected chi connectivity index (χ2v) is 6.48. The monoisotopic (exact) mass is 332 g/mol. The van der Waals surface area contributed by atoms with Crippen LogP contribution in [0.1, 0.15) is 18.3 Å². The van der Waals surface area contributed by atoms with Gasteiger partial charge in [-0.3, -0.25) is 9.80 Å². The smallest absolute Gasteiger partial charge is 0.165 e. The molecule has 0 unspecified atom stereocenters. The van der Waals surface area contributed by atoms with Crippen molar-refractivity contribution in [2.75, 3.05) is 26.7 Å². The number of halogens is 1. The Balaban J connectivity index is 1.57. The lowest BCUT2D eigenvalue weighted by Gasteiger charge is -2.39. The summed E-state index contributed by atoms with van der Waals surface area (Å²) in [6.07, 6.45) is 3.82. The molecule has 130 valence electrons. The number of ether oxygens (including phenoxy) is 1. The lowest BCUT2D eigenvalue weighted by molar-refractivity contribution is 0.0706. The van der Waals surface area contributed by atoms with E-state index >= 15 is 0 Å². The van der Waals surface area contributed by atoms with Gasteiger partial charge in [0.05, 0.1) is 13.7 Å². The summed E-state index contributed by atoms with van der Waals surface area (Å²) in [6, 6.07) is 5.65. The fourth-order valence-electron chi connectivity index (χ4n) is 3.25. The molecule has 1 aliphatic heterocycles. The Morgan fingerprint density at radius 2 is 2.12 bits per heavy atom. The van der Waals surface area contributed by atoms with Gasteiger partial charge in [0.25, 0.3) is 0 Å². The van der Waals surface area contributed by atoms with Gasteiger partial charge >= 0.3 is 0 Å². The topological polar surface area (TPSA) is 33.5 Å². The molecule has 24 heavy (non-hydrogen) atoms. The summed E-state index contributed by atoms with van der Waals surface area (Å²) in [7, 11) is 3.52. The van der Waals surface area contributed by atoms with Crippen LogP contribution in [0.2, 0.25) is 0 Å². The van der Waals surface area contributed by atoms with Gasteiger partial charge in [-0.05, 0) is 24.6 Å². The molecule has 1 aromatic carbocycles. The molecule has 1 aliphatic rings. The first-order valence-electron chi connectivity index (χ1n) is 8.32. The number of piperazine rings is 1. The molecule has 5 nitrogen and oxygen atoms in total. The largest absolute Gasteiger partial charge is 0.494 e. The van der Waals surface area contributed by atoms with E-state index in [0.717, 1.165) is 44.1 Å². The molecule has 2 heterocycles. The van der Waals surface area contributed by atoms with Crippen molar-refractivity contribution in [2.45, 2.75) is 26.1 Å². The predicted octanol–water partition coefficient (Wildman–Crippen LogP) is 2.27. The minimum absolute atomic E-state index is 0.295. The van der Waals surface area contributed by atoms with Crippen LogP contribution in [0.25, 0.3) is 0 Å². The molecule has 1 saturated heterocycles. The maximum Gasteiger partial charge on any atom is 0.165 e. The molecular formula is C18H25FN4O. The molecule has 1 aromatic heterocycles. The molecule has 0 amide bonds. The van der Waals surface area contributed by atoms with E-state index in [9.17, 15) is 4.39 Å². The fourth-order valence-corrected chi connectivity index (χ4v) is 3.25. The van der Waals surface area contributed by atoms with Crippen LogP contribution in [-0.4, -0.2) is 52.1 Å². The van der Waals surface area contributed by atoms with Crippen molar-refractivity contribution in [3.05, 3.63) is 47.8 Å². The molecule has 0 N–H and O–H groups in total. The summed E-state index contributed by atoms with van der Waals surface area (Å²) in [5.74, 6) is 1.09. The van der Waals surface area contributed by atoms with E-state index in [0.29, 0.717) is 11.8 Å². The molecule has 0 radical (unpaired) electrons. The van der Waals surface area contributed by atoms with Crippen molar-refractivity contribution >= 4 is 0 Å². The minimum Gasteiger partial charge on any atom is -0.494 e. The first-order chi connectivity index (χ1) is 11.6. The first kappa shape index (κ1) is 16.9. The van der Waals surface area contributed by atoms with Gasteiger partial charge in [-0.1, -0.05) is 6.07 Å². The summed E-state index contributed by atoms with van der Waals surface area (Å²) >= 11 is 0. The van der Waals surface area contributed by atoms with E-state index in [4.69, 9.17) is 4.74 Å². The molecule has 0 spiro atoms. The van der Waals surface area contributed by atoms with Crippen LogP contribution in [0.3, 0.4) is 0 Å². The summed E-state index contributed by atoms with van der Waals surface area (Å²) < 4.78 is 20.9. The van der Waals surface area contributed by atoms with Crippen molar-refractivity contribution in [1.29, 1.82) is 0 Å². The maximum absolute atomic E-state index is 13.8. The maximum atomic E-state index is 13.8. The van der Waals surface area contributed by atoms with Gasteiger partial charge in [0.1, 0.15) is 5.82 Å². The lowest BCUT2D eigenvalue weighted by atomic mass is 10.1. The Bertz CT molecular complexity index is 687. The summed E-state index contributed by atoms with van der Waals surface area (Å²) in [5.41, 5.74) is 0.984. The van der Waals surface area contributed by atoms with Crippen LogP contribution in [-0.2, 0) is 20.1 Å². The van der Waals surface area contributed by atoms with Gasteiger partial charge in [-0.15, -0.1) is 0 Å². The highest BCUT2D eigenvalue weighted by molar-refractivity contribution is 5.29. The number of aromatic nitrogens is 2. The van der Waals surface area contributed by atoms with E-state index in [2.05, 4.69) is 26.3 Å². The minimum atomic E-state index is -0.295. The zero-order valence-corrected chi connectivity index (χ0v) is 14.6. The Kier molecular flexibility index (Phi) is 5.16.